The van der Waals surface area contributed by atoms with Gasteiger partial charge in [0.05, 0.1) is 28.7 Å². The van der Waals surface area contributed by atoms with Gasteiger partial charge in [0.15, 0.2) is 5.13 Å². The van der Waals surface area contributed by atoms with Crippen LogP contribution in [0.15, 0.2) is 52.7 Å². The number of amides is 1. The fraction of sp³-hybridized carbons (Fsp3) is 0.238. The van der Waals surface area contributed by atoms with Crippen LogP contribution in [0.3, 0.4) is 0 Å². The molecule has 0 bridgehead atoms. The lowest BCUT2D eigenvalue weighted by atomic mass is 10.1. The summed E-state index contributed by atoms with van der Waals surface area (Å²) in [5.41, 5.74) is 2.07. The lowest BCUT2D eigenvalue weighted by Crippen LogP contribution is -2.40. The lowest BCUT2D eigenvalue weighted by Gasteiger charge is -2.26. The van der Waals surface area contributed by atoms with Crippen LogP contribution in [0.5, 0.6) is 0 Å². The van der Waals surface area contributed by atoms with Crippen LogP contribution in [-0.4, -0.2) is 54.8 Å². The van der Waals surface area contributed by atoms with Crippen LogP contribution in [0.4, 0.5) is 10.8 Å². The van der Waals surface area contributed by atoms with Crippen molar-refractivity contribution in [3.63, 3.8) is 0 Å². The van der Waals surface area contributed by atoms with E-state index in [2.05, 4.69) is 10.3 Å². The summed E-state index contributed by atoms with van der Waals surface area (Å²) in [5.74, 6) is -0.476. The first kappa shape index (κ1) is 23.0. The minimum Gasteiger partial charge on any atom is -0.379 e. The fourth-order valence-corrected chi connectivity index (χ4v) is 5.47. The molecular weight excluding hydrogens is 468 g/mol. The van der Waals surface area contributed by atoms with Crippen molar-refractivity contribution in [1.29, 1.82) is 0 Å². The molecule has 0 radical (unpaired) electrons. The van der Waals surface area contributed by atoms with Gasteiger partial charge in [-0.05, 0) is 36.8 Å². The van der Waals surface area contributed by atoms with Gasteiger partial charge in [0.25, 0.3) is 11.6 Å². The van der Waals surface area contributed by atoms with Crippen molar-refractivity contribution in [2.75, 3.05) is 31.6 Å². The minimum atomic E-state index is -3.74. The number of hydrogen-bond donors (Lipinski definition) is 1. The quantitative estimate of drug-likeness (QED) is 0.416. The van der Waals surface area contributed by atoms with Gasteiger partial charge < -0.3 is 4.74 Å². The van der Waals surface area contributed by atoms with Gasteiger partial charge in [0, 0.05) is 41.7 Å². The summed E-state index contributed by atoms with van der Waals surface area (Å²) in [7, 11) is -3.74. The zero-order valence-electron chi connectivity index (χ0n) is 17.6. The smallest absolute Gasteiger partial charge is 0.269 e. The van der Waals surface area contributed by atoms with Crippen LogP contribution in [-0.2, 0) is 14.8 Å². The third-order valence-electron chi connectivity index (χ3n) is 5.16. The number of rotatable bonds is 6. The first-order valence-electron chi connectivity index (χ1n) is 9.96. The number of nitrogens with zero attached hydrogens (tertiary/aromatic N) is 3. The Kier molecular flexibility index (Phi) is 6.51. The summed E-state index contributed by atoms with van der Waals surface area (Å²) in [6.07, 6.45) is 0. The number of carbonyl (C=O) groups excluding carboxylic acids is 1. The molecule has 0 unspecified atom stereocenters. The van der Waals surface area contributed by atoms with Gasteiger partial charge in [0.2, 0.25) is 10.0 Å². The van der Waals surface area contributed by atoms with Crippen molar-refractivity contribution in [2.24, 2.45) is 0 Å². The van der Waals surface area contributed by atoms with Crippen LogP contribution < -0.4 is 5.32 Å². The number of aromatic nitrogens is 1. The maximum atomic E-state index is 12.9. The van der Waals surface area contributed by atoms with Crippen LogP contribution in [0.2, 0.25) is 0 Å². The number of non-ortho nitro benzene ring substituents is 1. The van der Waals surface area contributed by atoms with E-state index in [0.29, 0.717) is 35.2 Å². The maximum absolute atomic E-state index is 12.9. The molecule has 12 heteroatoms. The average molecular weight is 489 g/mol. The zero-order chi connectivity index (χ0) is 23.6. The van der Waals surface area contributed by atoms with E-state index < -0.39 is 20.9 Å². The fourth-order valence-electron chi connectivity index (χ4n) is 3.32. The van der Waals surface area contributed by atoms with Gasteiger partial charge in [-0.2, -0.15) is 4.31 Å². The second-order valence-corrected chi connectivity index (χ2v) is 10.1. The monoisotopic (exact) mass is 488 g/mol. The molecule has 0 atom stereocenters. The lowest BCUT2D eigenvalue weighted by molar-refractivity contribution is -0.384. The largest absolute Gasteiger partial charge is 0.379 e. The molecule has 3 aromatic rings. The topological polar surface area (TPSA) is 132 Å². The molecular formula is C21H20N4O6S2. The molecule has 1 aliphatic rings. The highest BCUT2D eigenvalue weighted by molar-refractivity contribution is 7.89. The van der Waals surface area contributed by atoms with Crippen LogP contribution in [0.1, 0.15) is 15.9 Å². The summed E-state index contributed by atoms with van der Waals surface area (Å²) in [6.45, 7) is 2.92. The van der Waals surface area contributed by atoms with E-state index >= 15 is 0 Å². The molecule has 1 aromatic heterocycles. The molecule has 1 saturated heterocycles. The third-order valence-corrected chi connectivity index (χ3v) is 7.81. The second kappa shape index (κ2) is 9.35. The molecule has 0 aliphatic carbocycles. The number of carbonyl (C=O) groups is 1. The summed E-state index contributed by atoms with van der Waals surface area (Å²) < 4.78 is 32.5. The van der Waals surface area contributed by atoms with Crippen molar-refractivity contribution in [3.05, 3.63) is 69.1 Å². The molecule has 1 fully saturated rings. The molecule has 33 heavy (non-hydrogen) atoms. The number of anilines is 1. The second-order valence-electron chi connectivity index (χ2n) is 7.29. The van der Waals surface area contributed by atoms with E-state index in [0.717, 1.165) is 0 Å². The van der Waals surface area contributed by atoms with Gasteiger partial charge in [0.1, 0.15) is 0 Å². The van der Waals surface area contributed by atoms with Crippen LogP contribution >= 0.6 is 11.3 Å². The first-order valence-corrected chi connectivity index (χ1v) is 12.3. The Labute approximate surface area is 194 Å². The summed E-state index contributed by atoms with van der Waals surface area (Å²) in [6, 6.07) is 10.4. The standard InChI is InChI=1S/C21H20N4O6S2/c1-14-2-7-17(33(29,30)24-8-10-31-11-9-24)12-18(14)20(26)23-21-22-19(13-32-21)15-3-5-16(6-4-15)25(27)28/h2-7,12-13H,8-11H2,1H3,(H,22,23,26). The molecule has 10 nitrogen and oxygen atoms in total. The summed E-state index contributed by atoms with van der Waals surface area (Å²) in [5, 5.41) is 15.6. The van der Waals surface area contributed by atoms with Crippen LogP contribution in [0, 0.1) is 17.0 Å². The van der Waals surface area contributed by atoms with E-state index in [-0.39, 0.29) is 29.2 Å². The predicted molar refractivity (Wildman–Crippen MR) is 123 cm³/mol. The minimum absolute atomic E-state index is 0.0232. The van der Waals surface area contributed by atoms with E-state index in [9.17, 15) is 23.3 Å². The Morgan fingerprint density at radius 2 is 1.88 bits per heavy atom. The number of hydrogen-bond acceptors (Lipinski definition) is 8. The summed E-state index contributed by atoms with van der Waals surface area (Å²) >= 11 is 1.20. The van der Waals surface area contributed by atoms with Gasteiger partial charge in [-0.1, -0.05) is 6.07 Å². The van der Waals surface area contributed by atoms with Gasteiger partial charge >= 0.3 is 0 Å². The van der Waals surface area contributed by atoms with Gasteiger partial charge in [-0.25, -0.2) is 13.4 Å². The van der Waals surface area contributed by atoms with E-state index in [1.165, 1.54) is 39.9 Å². The third kappa shape index (κ3) is 4.93. The van der Waals surface area contributed by atoms with Gasteiger partial charge in [-0.3, -0.25) is 20.2 Å². The SMILES string of the molecule is Cc1ccc(S(=O)(=O)N2CCOCC2)cc1C(=O)Nc1nc(-c2ccc([N+](=O)[O-])cc2)cs1. The number of benzene rings is 2. The zero-order valence-corrected chi connectivity index (χ0v) is 19.2. The Hall–Kier alpha value is -3.19. The van der Waals surface area contributed by atoms with E-state index in [1.807, 2.05) is 0 Å². The van der Waals surface area contributed by atoms with Crippen LogP contribution in [0.25, 0.3) is 11.3 Å². The molecule has 1 N–H and O–H groups in total. The van der Waals surface area contributed by atoms with Crippen molar-refractivity contribution in [2.45, 2.75) is 11.8 Å². The number of thiazole rings is 1. The Bertz CT molecular complexity index is 1300. The maximum Gasteiger partial charge on any atom is 0.269 e. The molecule has 0 saturated carbocycles. The van der Waals surface area contributed by atoms with E-state index in [4.69, 9.17) is 4.74 Å². The van der Waals surface area contributed by atoms with Crippen molar-refractivity contribution in [3.8, 4) is 11.3 Å². The number of aryl methyl sites for hydroxylation is 1. The molecule has 0 spiro atoms. The highest BCUT2D eigenvalue weighted by Crippen LogP contribution is 2.27. The molecule has 1 amide bonds. The Morgan fingerprint density at radius 3 is 2.55 bits per heavy atom. The first-order chi connectivity index (χ1) is 15.8. The molecule has 172 valence electrons. The van der Waals surface area contributed by atoms with E-state index in [1.54, 1.807) is 30.5 Å². The number of nitro groups is 1. The van der Waals surface area contributed by atoms with Gasteiger partial charge in [-0.15, -0.1) is 11.3 Å². The molecule has 2 aromatic carbocycles. The summed E-state index contributed by atoms with van der Waals surface area (Å²) in [4.78, 5) is 27.7. The average Bonchev–Trinajstić information content (AvgIpc) is 3.28. The van der Waals surface area contributed by atoms with Crippen molar-refractivity contribution < 1.29 is 22.9 Å². The Morgan fingerprint density at radius 1 is 1.18 bits per heavy atom. The number of sulfonamides is 1. The number of nitro benzene ring substituents is 1. The Balaban J connectivity index is 1.53. The highest BCUT2D eigenvalue weighted by atomic mass is 32.2. The molecule has 2 heterocycles. The number of nitrogens with one attached hydrogen (secondary N) is 1. The number of morpholine rings is 1. The predicted octanol–water partition coefficient (Wildman–Crippen LogP) is 3.30. The van der Waals surface area contributed by atoms with Crippen molar-refractivity contribution in [1.82, 2.24) is 9.29 Å². The number of ether oxygens (including phenoxy) is 1. The molecule has 1 aliphatic heterocycles. The normalized spacial score (nSPS) is 14.7. The highest BCUT2D eigenvalue weighted by Gasteiger charge is 2.27. The molecule has 4 rings (SSSR count). The van der Waals surface area contributed by atoms with Crippen molar-refractivity contribution >= 4 is 38.1 Å².